The largest absolute Gasteiger partial charge is 0.324 e. The van der Waals surface area contributed by atoms with Crippen LogP contribution < -0.4 is 5.73 Å². The molecule has 0 fully saturated rings. The maximum atomic E-state index is 5.46. The standard InChI is InChI=1S/C9H13N3/c10-5-9-11-6-7-3-1-2-4-8(7)12-9/h6H,1-5,10H2. The zero-order chi connectivity index (χ0) is 8.39. The SMILES string of the molecule is NCc1ncc2c(n1)CCCC2. The van der Waals surface area contributed by atoms with Gasteiger partial charge in [0.25, 0.3) is 0 Å². The third kappa shape index (κ3) is 1.32. The number of nitrogens with zero attached hydrogens (tertiary/aromatic N) is 2. The van der Waals surface area contributed by atoms with Crippen LogP contribution in [-0.2, 0) is 19.4 Å². The van der Waals surface area contributed by atoms with Crippen molar-refractivity contribution in [1.82, 2.24) is 9.97 Å². The van der Waals surface area contributed by atoms with Gasteiger partial charge in [-0.2, -0.15) is 0 Å². The van der Waals surface area contributed by atoms with Crippen LogP contribution in [0.1, 0.15) is 29.9 Å². The Morgan fingerprint density at radius 3 is 3.00 bits per heavy atom. The van der Waals surface area contributed by atoms with Crippen LogP contribution in [0.4, 0.5) is 0 Å². The topological polar surface area (TPSA) is 51.8 Å². The summed E-state index contributed by atoms with van der Waals surface area (Å²) in [7, 11) is 0. The van der Waals surface area contributed by atoms with Gasteiger partial charge in [0.15, 0.2) is 0 Å². The highest BCUT2D eigenvalue weighted by Crippen LogP contribution is 2.17. The van der Waals surface area contributed by atoms with Gasteiger partial charge in [-0.1, -0.05) is 0 Å². The monoisotopic (exact) mass is 163 g/mol. The van der Waals surface area contributed by atoms with E-state index in [1.54, 1.807) is 0 Å². The van der Waals surface area contributed by atoms with Crippen molar-refractivity contribution in [1.29, 1.82) is 0 Å². The molecule has 0 bridgehead atoms. The average Bonchev–Trinajstić information content (AvgIpc) is 2.17. The molecule has 0 amide bonds. The Balaban J connectivity index is 2.36. The molecule has 0 aromatic carbocycles. The lowest BCUT2D eigenvalue weighted by atomic mass is 9.97. The van der Waals surface area contributed by atoms with Gasteiger partial charge in [-0.15, -0.1) is 0 Å². The molecule has 1 aliphatic carbocycles. The first-order valence-corrected chi connectivity index (χ1v) is 4.44. The number of aromatic nitrogens is 2. The Hall–Kier alpha value is -0.960. The molecule has 12 heavy (non-hydrogen) atoms. The number of aryl methyl sites for hydroxylation is 2. The quantitative estimate of drug-likeness (QED) is 0.666. The lowest BCUT2D eigenvalue weighted by molar-refractivity contribution is 0.653. The van der Waals surface area contributed by atoms with Crippen LogP contribution in [0.3, 0.4) is 0 Å². The highest BCUT2D eigenvalue weighted by Gasteiger charge is 2.10. The molecule has 2 rings (SSSR count). The summed E-state index contributed by atoms with van der Waals surface area (Å²) in [6, 6.07) is 0. The molecule has 1 aromatic rings. The van der Waals surface area contributed by atoms with Gasteiger partial charge in [-0.25, -0.2) is 9.97 Å². The maximum Gasteiger partial charge on any atom is 0.142 e. The highest BCUT2D eigenvalue weighted by molar-refractivity contribution is 5.20. The van der Waals surface area contributed by atoms with Crippen LogP contribution in [0.2, 0.25) is 0 Å². The number of hydrogen-bond acceptors (Lipinski definition) is 3. The van der Waals surface area contributed by atoms with E-state index >= 15 is 0 Å². The zero-order valence-corrected chi connectivity index (χ0v) is 7.08. The van der Waals surface area contributed by atoms with Crippen LogP contribution >= 0.6 is 0 Å². The van der Waals surface area contributed by atoms with Gasteiger partial charge in [0, 0.05) is 11.9 Å². The zero-order valence-electron chi connectivity index (χ0n) is 7.08. The number of fused-ring (bicyclic) bond motifs is 1. The van der Waals surface area contributed by atoms with E-state index in [1.807, 2.05) is 6.20 Å². The fourth-order valence-electron chi connectivity index (χ4n) is 1.61. The first-order valence-electron chi connectivity index (χ1n) is 4.44. The smallest absolute Gasteiger partial charge is 0.142 e. The summed E-state index contributed by atoms with van der Waals surface area (Å²) in [6.07, 6.45) is 6.71. The van der Waals surface area contributed by atoms with Crippen LogP contribution in [0.5, 0.6) is 0 Å². The second-order valence-electron chi connectivity index (χ2n) is 3.17. The first kappa shape index (κ1) is 7.68. The molecule has 1 heterocycles. The summed E-state index contributed by atoms with van der Waals surface area (Å²) in [4.78, 5) is 8.57. The van der Waals surface area contributed by atoms with Gasteiger partial charge in [0.05, 0.1) is 6.54 Å². The molecule has 1 aliphatic rings. The van der Waals surface area contributed by atoms with Crippen molar-refractivity contribution in [2.75, 3.05) is 0 Å². The molecular formula is C9H13N3. The lowest BCUT2D eigenvalue weighted by Crippen LogP contribution is -2.11. The normalized spacial score (nSPS) is 15.8. The van der Waals surface area contributed by atoms with Crippen molar-refractivity contribution >= 4 is 0 Å². The molecule has 0 unspecified atom stereocenters. The molecule has 0 saturated heterocycles. The van der Waals surface area contributed by atoms with Crippen molar-refractivity contribution in [3.8, 4) is 0 Å². The van der Waals surface area contributed by atoms with Crippen molar-refractivity contribution < 1.29 is 0 Å². The van der Waals surface area contributed by atoms with E-state index in [1.165, 1.54) is 24.1 Å². The molecule has 0 aliphatic heterocycles. The van der Waals surface area contributed by atoms with E-state index in [0.717, 1.165) is 18.7 Å². The highest BCUT2D eigenvalue weighted by atomic mass is 14.9. The van der Waals surface area contributed by atoms with Crippen molar-refractivity contribution in [3.05, 3.63) is 23.3 Å². The predicted octanol–water partition coefficient (Wildman–Crippen LogP) is 0.814. The molecular weight excluding hydrogens is 150 g/mol. The van der Waals surface area contributed by atoms with Crippen LogP contribution in [-0.4, -0.2) is 9.97 Å². The van der Waals surface area contributed by atoms with E-state index in [9.17, 15) is 0 Å². The molecule has 2 N–H and O–H groups in total. The predicted molar refractivity (Wildman–Crippen MR) is 46.6 cm³/mol. The number of hydrogen-bond donors (Lipinski definition) is 1. The molecule has 3 nitrogen and oxygen atoms in total. The van der Waals surface area contributed by atoms with Gasteiger partial charge < -0.3 is 5.73 Å². The first-order chi connectivity index (χ1) is 5.90. The van der Waals surface area contributed by atoms with Crippen LogP contribution in [0.15, 0.2) is 6.20 Å². The Labute approximate surface area is 72.0 Å². The van der Waals surface area contributed by atoms with Crippen LogP contribution in [0, 0.1) is 0 Å². The Morgan fingerprint density at radius 2 is 2.17 bits per heavy atom. The van der Waals surface area contributed by atoms with Crippen molar-refractivity contribution in [2.45, 2.75) is 32.2 Å². The average molecular weight is 163 g/mol. The van der Waals surface area contributed by atoms with E-state index < -0.39 is 0 Å². The molecule has 3 heteroatoms. The van der Waals surface area contributed by atoms with Crippen molar-refractivity contribution in [2.24, 2.45) is 5.73 Å². The number of nitrogens with two attached hydrogens (primary N) is 1. The molecule has 1 aromatic heterocycles. The van der Waals surface area contributed by atoms with Crippen molar-refractivity contribution in [3.63, 3.8) is 0 Å². The Bertz CT molecular complexity index is 283. The third-order valence-corrected chi connectivity index (χ3v) is 2.30. The minimum Gasteiger partial charge on any atom is -0.324 e. The second kappa shape index (κ2) is 3.19. The van der Waals surface area contributed by atoms with E-state index in [4.69, 9.17) is 5.73 Å². The third-order valence-electron chi connectivity index (χ3n) is 2.30. The molecule has 0 saturated carbocycles. The fraction of sp³-hybridized carbons (Fsp3) is 0.556. The summed E-state index contributed by atoms with van der Waals surface area (Å²) >= 11 is 0. The van der Waals surface area contributed by atoms with Gasteiger partial charge in [-0.05, 0) is 31.2 Å². The summed E-state index contributed by atoms with van der Waals surface area (Å²) < 4.78 is 0. The minimum absolute atomic E-state index is 0.452. The molecule has 0 atom stereocenters. The van der Waals surface area contributed by atoms with Gasteiger partial charge >= 0.3 is 0 Å². The fourth-order valence-corrected chi connectivity index (χ4v) is 1.61. The summed E-state index contributed by atoms with van der Waals surface area (Å²) in [5, 5.41) is 0. The molecule has 0 spiro atoms. The van der Waals surface area contributed by atoms with Gasteiger partial charge in [-0.3, -0.25) is 0 Å². The van der Waals surface area contributed by atoms with E-state index in [0.29, 0.717) is 6.54 Å². The van der Waals surface area contributed by atoms with E-state index in [2.05, 4.69) is 9.97 Å². The number of rotatable bonds is 1. The van der Waals surface area contributed by atoms with E-state index in [-0.39, 0.29) is 0 Å². The van der Waals surface area contributed by atoms with Crippen LogP contribution in [0.25, 0.3) is 0 Å². The Morgan fingerprint density at radius 1 is 1.33 bits per heavy atom. The maximum absolute atomic E-state index is 5.46. The summed E-state index contributed by atoms with van der Waals surface area (Å²) in [5.74, 6) is 0.774. The summed E-state index contributed by atoms with van der Waals surface area (Å²) in [6.45, 7) is 0.452. The minimum atomic E-state index is 0.452. The second-order valence-corrected chi connectivity index (χ2v) is 3.17. The molecule has 64 valence electrons. The van der Waals surface area contributed by atoms with Gasteiger partial charge in [0.2, 0.25) is 0 Å². The van der Waals surface area contributed by atoms with Gasteiger partial charge in [0.1, 0.15) is 5.82 Å². The Kier molecular flexibility index (Phi) is 2.04. The molecule has 0 radical (unpaired) electrons. The summed E-state index contributed by atoms with van der Waals surface area (Å²) in [5.41, 5.74) is 8.00. The lowest BCUT2D eigenvalue weighted by Gasteiger charge is -2.13.